The Bertz CT molecular complexity index is 2370. The molecule has 2 N–H and O–H groups in total. The number of benzene rings is 3. The van der Waals surface area contributed by atoms with Crippen molar-refractivity contribution < 1.29 is 60.2 Å². The van der Waals surface area contributed by atoms with Gasteiger partial charge in [-0.2, -0.15) is 13.2 Å². The highest BCUT2D eigenvalue weighted by atomic mass is 31.2. The number of halogens is 3. The van der Waals surface area contributed by atoms with E-state index in [9.17, 15) is 23.7 Å². The Kier molecular flexibility index (Phi) is 18.1. The standard InChI is InChI=1S/C48H63F3N7O10P/c1-9-66-69(63,67-10-2)47(48(49,50)51,53-43(61)65-33-36-20-15-12-16-21-36)29-38-32-56(55-54-38)31-37(28-34-18-13-11-14-19-34)52-42(60)46(6,7)58(30-35-23-25-39(64-8)26-24-35)41(59)40-22-17-27-57(40)44(62)68-45(3,4)5/h11-16,18-21,23-26,32,37,40H,9-10,17,22,27-31,33H2,1-8H3,(H,52,60)(H,53,61)/t37-,40-,47?/m0/s1. The summed E-state index contributed by atoms with van der Waals surface area (Å²) in [6.07, 6.45) is -6.65. The Balaban J connectivity index is 1.47. The predicted molar refractivity (Wildman–Crippen MR) is 249 cm³/mol. The maximum absolute atomic E-state index is 15.6. The number of nitrogens with zero attached hydrogens (tertiary/aromatic N) is 5. The summed E-state index contributed by atoms with van der Waals surface area (Å²) in [6, 6.07) is 22.6. The fraction of sp³-hybridized carbons (Fsp3) is 0.500. The third-order valence-corrected chi connectivity index (χ3v) is 14.0. The van der Waals surface area contributed by atoms with Gasteiger partial charge in [-0.3, -0.25) is 29.1 Å². The second kappa shape index (κ2) is 23.1. The van der Waals surface area contributed by atoms with Crippen LogP contribution in [0, 0.1) is 0 Å². The highest BCUT2D eigenvalue weighted by Gasteiger charge is 2.70. The van der Waals surface area contributed by atoms with Gasteiger partial charge in [-0.1, -0.05) is 78.0 Å². The molecule has 2 heterocycles. The van der Waals surface area contributed by atoms with E-state index < -0.39 is 92.5 Å². The van der Waals surface area contributed by atoms with Crippen LogP contribution in [0.15, 0.2) is 91.1 Å². The van der Waals surface area contributed by atoms with Crippen LogP contribution in [0.4, 0.5) is 22.8 Å². The Morgan fingerprint density at radius 3 is 2.04 bits per heavy atom. The van der Waals surface area contributed by atoms with Gasteiger partial charge in [0.15, 0.2) is 0 Å². The molecule has 1 aliphatic rings. The van der Waals surface area contributed by atoms with Crippen LogP contribution in [-0.4, -0.2) is 110 Å². The molecule has 4 amide bonds. The Morgan fingerprint density at radius 2 is 1.48 bits per heavy atom. The normalized spacial score (nSPS) is 15.7. The molecule has 376 valence electrons. The number of amides is 4. The number of carbonyl (C=O) groups is 4. The highest BCUT2D eigenvalue weighted by Crippen LogP contribution is 2.65. The van der Waals surface area contributed by atoms with E-state index in [4.69, 9.17) is 23.3 Å². The summed E-state index contributed by atoms with van der Waals surface area (Å²) in [6.45, 7) is 9.82. The van der Waals surface area contributed by atoms with Crippen LogP contribution in [0.3, 0.4) is 0 Å². The van der Waals surface area contributed by atoms with Crippen LogP contribution >= 0.6 is 7.60 Å². The van der Waals surface area contributed by atoms with E-state index in [1.807, 2.05) is 30.3 Å². The van der Waals surface area contributed by atoms with Gasteiger partial charge in [-0.05, 0) is 96.6 Å². The molecule has 1 aliphatic heterocycles. The SMILES string of the molecule is CCOP(=O)(OCC)C(Cc1cn(C[C@H](Cc2ccccc2)NC(=O)C(C)(C)N(Cc2ccc(OC)cc2)C(=O)[C@@H]2CCCN2C(=O)OC(C)(C)C)nn1)(NC(=O)OCc1ccccc1)C(F)(F)F. The van der Waals surface area contributed by atoms with Gasteiger partial charge in [-0.25, -0.2) is 9.59 Å². The average molecular weight is 986 g/mol. The molecule has 69 heavy (non-hydrogen) atoms. The Hall–Kier alpha value is -5.98. The zero-order chi connectivity index (χ0) is 50.6. The lowest BCUT2D eigenvalue weighted by atomic mass is 9.96. The number of aromatic nitrogens is 3. The van der Waals surface area contributed by atoms with Gasteiger partial charge in [0, 0.05) is 25.7 Å². The smallest absolute Gasteiger partial charge is 0.423 e. The summed E-state index contributed by atoms with van der Waals surface area (Å²) in [4.78, 5) is 59.0. The molecule has 4 aromatic rings. The number of alkyl carbamates (subject to hydrolysis) is 1. The molecular formula is C48H63F3N7O10P. The maximum Gasteiger partial charge on any atom is 0.423 e. The number of likely N-dealkylation sites (tertiary alicyclic amines) is 1. The molecule has 17 nitrogen and oxygen atoms in total. The second-order valence-corrected chi connectivity index (χ2v) is 20.3. The first-order chi connectivity index (χ1) is 32.5. The van der Waals surface area contributed by atoms with Crippen LogP contribution < -0.4 is 15.4 Å². The second-order valence-electron chi connectivity index (χ2n) is 18.0. The van der Waals surface area contributed by atoms with Gasteiger partial charge in [0.2, 0.25) is 17.1 Å². The van der Waals surface area contributed by atoms with Gasteiger partial charge in [0.1, 0.15) is 29.5 Å². The predicted octanol–water partition coefficient (Wildman–Crippen LogP) is 8.21. The van der Waals surface area contributed by atoms with Crippen LogP contribution in [0.5, 0.6) is 5.75 Å². The lowest BCUT2D eigenvalue weighted by Gasteiger charge is -2.41. The number of methoxy groups -OCH3 is 1. The molecule has 0 bridgehead atoms. The molecule has 1 fully saturated rings. The first-order valence-electron chi connectivity index (χ1n) is 22.7. The molecular weight excluding hydrogens is 923 g/mol. The molecule has 3 aromatic carbocycles. The number of rotatable bonds is 21. The van der Waals surface area contributed by atoms with Crippen molar-refractivity contribution in [2.24, 2.45) is 0 Å². The summed E-state index contributed by atoms with van der Waals surface area (Å²) in [5, 5.41) is 9.28. The van der Waals surface area contributed by atoms with E-state index in [-0.39, 0.29) is 31.7 Å². The molecule has 0 aliphatic carbocycles. The molecule has 1 unspecified atom stereocenters. The number of alkyl halides is 3. The van der Waals surface area contributed by atoms with Crippen molar-refractivity contribution in [3.8, 4) is 5.75 Å². The van der Waals surface area contributed by atoms with E-state index >= 15 is 13.2 Å². The third-order valence-electron chi connectivity index (χ3n) is 11.3. The topological polar surface area (TPSA) is 193 Å². The van der Waals surface area contributed by atoms with Crippen molar-refractivity contribution in [3.63, 3.8) is 0 Å². The van der Waals surface area contributed by atoms with Crippen molar-refractivity contribution in [2.45, 2.75) is 129 Å². The van der Waals surface area contributed by atoms with Crippen molar-refractivity contribution in [3.05, 3.63) is 114 Å². The lowest BCUT2D eigenvalue weighted by molar-refractivity contribution is -0.175. The summed E-state index contributed by atoms with van der Waals surface area (Å²) < 4.78 is 89.0. The van der Waals surface area contributed by atoms with E-state index in [1.54, 1.807) is 94.5 Å². The van der Waals surface area contributed by atoms with Crippen molar-refractivity contribution >= 4 is 31.6 Å². The van der Waals surface area contributed by atoms with E-state index in [1.165, 1.54) is 41.6 Å². The van der Waals surface area contributed by atoms with E-state index in [0.717, 1.165) is 5.56 Å². The molecule has 5 rings (SSSR count). The van der Waals surface area contributed by atoms with Gasteiger partial charge >= 0.3 is 26.0 Å². The first-order valence-corrected chi connectivity index (χ1v) is 24.2. The minimum absolute atomic E-state index is 0.0279. The minimum atomic E-state index is -5.46. The summed E-state index contributed by atoms with van der Waals surface area (Å²) in [5.41, 5.74) is -0.805. The highest BCUT2D eigenvalue weighted by molar-refractivity contribution is 7.55. The maximum atomic E-state index is 15.6. The first kappa shape index (κ1) is 54.0. The number of hydrogen-bond acceptors (Lipinski definition) is 12. The summed E-state index contributed by atoms with van der Waals surface area (Å²) in [5.74, 6) is -0.479. The number of ether oxygens (including phenoxy) is 3. The van der Waals surface area contributed by atoms with Crippen molar-refractivity contribution in [2.75, 3.05) is 26.9 Å². The van der Waals surface area contributed by atoms with Crippen molar-refractivity contribution in [1.82, 2.24) is 35.4 Å². The van der Waals surface area contributed by atoms with Crippen LogP contribution in [0.2, 0.25) is 0 Å². The largest absolute Gasteiger partial charge is 0.497 e. The number of carbonyl (C=O) groups excluding carboxylic acids is 4. The molecule has 1 aromatic heterocycles. The van der Waals surface area contributed by atoms with Gasteiger partial charge in [-0.15, -0.1) is 5.10 Å². The van der Waals surface area contributed by atoms with Gasteiger partial charge in [0.25, 0.3) is 0 Å². The number of nitrogens with one attached hydrogen (secondary N) is 2. The molecule has 0 spiro atoms. The quantitative estimate of drug-likeness (QED) is 0.0762. The summed E-state index contributed by atoms with van der Waals surface area (Å²) >= 11 is 0. The monoisotopic (exact) mass is 985 g/mol. The molecule has 0 saturated carbocycles. The lowest BCUT2D eigenvalue weighted by Crippen LogP contribution is -2.62. The van der Waals surface area contributed by atoms with Crippen molar-refractivity contribution in [1.29, 1.82) is 0 Å². The molecule has 21 heteroatoms. The van der Waals surface area contributed by atoms with Gasteiger partial charge in [0.05, 0.1) is 38.6 Å². The molecule has 0 radical (unpaired) electrons. The van der Waals surface area contributed by atoms with Crippen LogP contribution in [-0.2, 0) is 65.2 Å². The zero-order valence-corrected chi connectivity index (χ0v) is 41.2. The zero-order valence-electron chi connectivity index (χ0n) is 40.3. The average Bonchev–Trinajstić information content (AvgIpc) is 3.97. The molecule has 3 atom stereocenters. The summed E-state index contributed by atoms with van der Waals surface area (Å²) in [7, 11) is -3.78. The Morgan fingerprint density at radius 1 is 0.870 bits per heavy atom. The van der Waals surface area contributed by atoms with E-state index in [0.29, 0.717) is 29.7 Å². The number of hydrogen-bond donors (Lipinski definition) is 2. The molecule has 1 saturated heterocycles. The van der Waals surface area contributed by atoms with Crippen LogP contribution in [0.25, 0.3) is 0 Å². The van der Waals surface area contributed by atoms with Crippen LogP contribution in [0.1, 0.15) is 83.7 Å². The minimum Gasteiger partial charge on any atom is -0.497 e. The Labute approximate surface area is 400 Å². The fourth-order valence-electron chi connectivity index (χ4n) is 7.81. The fourth-order valence-corrected chi connectivity index (χ4v) is 9.90. The van der Waals surface area contributed by atoms with E-state index in [2.05, 4.69) is 15.6 Å². The third kappa shape index (κ3) is 13.8. The van der Waals surface area contributed by atoms with Gasteiger partial charge < -0.3 is 33.5 Å².